The van der Waals surface area contributed by atoms with E-state index >= 15 is 0 Å². The maximum absolute atomic E-state index is 5.38. The van der Waals surface area contributed by atoms with Crippen LogP contribution in [0.25, 0.3) is 10.9 Å². The predicted molar refractivity (Wildman–Crippen MR) is 97.5 cm³/mol. The lowest BCUT2D eigenvalue weighted by molar-refractivity contribution is 0.356. The van der Waals surface area contributed by atoms with Crippen molar-refractivity contribution in [3.63, 3.8) is 0 Å². The van der Waals surface area contributed by atoms with Crippen LogP contribution in [0.2, 0.25) is 0 Å². The highest BCUT2D eigenvalue weighted by Gasteiger charge is 2.10. The Balaban J connectivity index is 1.80. The number of nitrogens with zero attached hydrogens (tertiary/aromatic N) is 4. The van der Waals surface area contributed by atoms with E-state index in [0.29, 0.717) is 11.5 Å². The summed E-state index contributed by atoms with van der Waals surface area (Å²) < 4.78 is 12.8. The second-order valence-corrected chi connectivity index (χ2v) is 5.76. The van der Waals surface area contributed by atoms with Crippen molar-refractivity contribution < 1.29 is 9.47 Å². The summed E-state index contributed by atoms with van der Waals surface area (Å²) in [5, 5.41) is 12.5. The van der Waals surface area contributed by atoms with Gasteiger partial charge >= 0.3 is 0 Å². The molecular formula is C18H23N5O2. The number of fused-ring (bicyclic) bond motifs is 1. The van der Waals surface area contributed by atoms with Crippen LogP contribution in [0.15, 0.2) is 24.5 Å². The molecule has 3 aromatic rings. The number of hydrogen-bond acceptors (Lipinski definition) is 6. The minimum Gasteiger partial charge on any atom is -0.493 e. The van der Waals surface area contributed by atoms with Gasteiger partial charge in [0.25, 0.3) is 0 Å². The molecule has 1 N–H and O–H groups in total. The molecule has 0 aliphatic rings. The van der Waals surface area contributed by atoms with Crippen LogP contribution in [0.3, 0.4) is 0 Å². The van der Waals surface area contributed by atoms with Gasteiger partial charge in [0.15, 0.2) is 11.5 Å². The van der Waals surface area contributed by atoms with E-state index in [1.54, 1.807) is 20.5 Å². The van der Waals surface area contributed by atoms with Crippen LogP contribution >= 0.6 is 0 Å². The third kappa shape index (κ3) is 3.50. The van der Waals surface area contributed by atoms with Gasteiger partial charge in [0.05, 0.1) is 19.7 Å². The van der Waals surface area contributed by atoms with E-state index in [0.717, 1.165) is 47.6 Å². The molecule has 2 aromatic heterocycles. The molecule has 0 spiro atoms. The van der Waals surface area contributed by atoms with Crippen molar-refractivity contribution in [3.05, 3.63) is 35.9 Å². The molecule has 25 heavy (non-hydrogen) atoms. The van der Waals surface area contributed by atoms with E-state index in [1.165, 1.54) is 0 Å². The second kappa shape index (κ2) is 7.38. The smallest absolute Gasteiger partial charge is 0.162 e. The lowest BCUT2D eigenvalue weighted by Gasteiger charge is -2.12. The summed E-state index contributed by atoms with van der Waals surface area (Å²) in [5.74, 6) is 3.19. The van der Waals surface area contributed by atoms with Gasteiger partial charge in [0.2, 0.25) is 0 Å². The topological polar surface area (TPSA) is 74.1 Å². The lowest BCUT2D eigenvalue weighted by atomic mass is 10.1. The van der Waals surface area contributed by atoms with E-state index in [4.69, 9.17) is 14.5 Å². The summed E-state index contributed by atoms with van der Waals surface area (Å²) in [7, 11) is 3.26. The normalized spacial score (nSPS) is 10.9. The first kappa shape index (κ1) is 17.0. The first-order chi connectivity index (χ1) is 12.2. The van der Waals surface area contributed by atoms with Gasteiger partial charge in [-0.25, -0.2) is 4.98 Å². The third-order valence-corrected chi connectivity index (χ3v) is 4.21. The number of benzene rings is 1. The molecule has 0 bridgehead atoms. The van der Waals surface area contributed by atoms with Crippen LogP contribution in [-0.4, -0.2) is 40.5 Å². The van der Waals surface area contributed by atoms with Crippen LogP contribution in [0, 0.1) is 6.92 Å². The maximum Gasteiger partial charge on any atom is 0.162 e. The highest BCUT2D eigenvalue weighted by Crippen LogP contribution is 2.33. The third-order valence-electron chi connectivity index (χ3n) is 4.21. The van der Waals surface area contributed by atoms with Crippen molar-refractivity contribution in [2.75, 3.05) is 26.1 Å². The molecule has 0 aliphatic heterocycles. The molecule has 1 aromatic carbocycles. The Hall–Kier alpha value is -2.83. The zero-order chi connectivity index (χ0) is 17.8. The summed E-state index contributed by atoms with van der Waals surface area (Å²) in [5.41, 5.74) is 2.00. The average molecular weight is 341 g/mol. The summed E-state index contributed by atoms with van der Waals surface area (Å²) in [6.45, 7) is 5.76. The molecule has 3 rings (SSSR count). The van der Waals surface area contributed by atoms with Crippen molar-refractivity contribution in [1.82, 2.24) is 19.7 Å². The highest BCUT2D eigenvalue weighted by atomic mass is 16.5. The van der Waals surface area contributed by atoms with Crippen molar-refractivity contribution in [1.29, 1.82) is 0 Å². The van der Waals surface area contributed by atoms with E-state index < -0.39 is 0 Å². The fourth-order valence-electron chi connectivity index (χ4n) is 2.85. The fraction of sp³-hybridized carbons (Fsp3) is 0.389. The van der Waals surface area contributed by atoms with Crippen molar-refractivity contribution >= 4 is 16.7 Å². The van der Waals surface area contributed by atoms with E-state index in [-0.39, 0.29) is 0 Å². The quantitative estimate of drug-likeness (QED) is 0.712. The molecule has 7 nitrogen and oxygen atoms in total. The molecule has 0 saturated heterocycles. The zero-order valence-corrected chi connectivity index (χ0v) is 15.0. The molecule has 132 valence electrons. The molecule has 0 aliphatic carbocycles. The number of hydrogen-bond donors (Lipinski definition) is 1. The van der Waals surface area contributed by atoms with Gasteiger partial charge in [-0.15, -0.1) is 10.2 Å². The van der Waals surface area contributed by atoms with E-state index in [2.05, 4.69) is 29.4 Å². The number of nitrogens with one attached hydrogen (secondary N) is 1. The van der Waals surface area contributed by atoms with E-state index in [9.17, 15) is 0 Å². The minimum absolute atomic E-state index is 0.676. The van der Waals surface area contributed by atoms with E-state index in [1.807, 2.05) is 22.8 Å². The summed E-state index contributed by atoms with van der Waals surface area (Å²) in [4.78, 5) is 4.69. The predicted octanol–water partition coefficient (Wildman–Crippen LogP) is 2.83. The highest BCUT2D eigenvalue weighted by molar-refractivity contribution is 5.87. The fourth-order valence-corrected chi connectivity index (χ4v) is 2.85. The second-order valence-electron chi connectivity index (χ2n) is 5.76. The standard InChI is InChI=1S/C18H23N5O2/c1-5-23-11-20-22-18(23)6-7-19-17-8-12(2)13-9-15(24-3)16(25-4)10-14(13)21-17/h8-11H,5-7H2,1-4H3,(H,19,21). The number of methoxy groups -OCH3 is 2. The molecule has 0 unspecified atom stereocenters. The Labute approximate surface area is 147 Å². The van der Waals surface area contributed by atoms with Gasteiger partial charge in [-0.1, -0.05) is 0 Å². The minimum atomic E-state index is 0.676. The number of rotatable bonds is 7. The Kier molecular flexibility index (Phi) is 5.02. The van der Waals surface area contributed by atoms with Gasteiger partial charge in [-0.3, -0.25) is 0 Å². The Morgan fingerprint density at radius 2 is 1.88 bits per heavy atom. The summed E-state index contributed by atoms with van der Waals surface area (Å²) in [6, 6.07) is 5.91. The lowest BCUT2D eigenvalue weighted by Crippen LogP contribution is -2.10. The maximum atomic E-state index is 5.38. The van der Waals surface area contributed by atoms with Crippen LogP contribution in [0.5, 0.6) is 11.5 Å². The van der Waals surface area contributed by atoms with Gasteiger partial charge < -0.3 is 19.4 Å². The molecule has 7 heteroatoms. The average Bonchev–Trinajstić information content (AvgIpc) is 3.08. The molecule has 0 radical (unpaired) electrons. The monoisotopic (exact) mass is 341 g/mol. The Bertz CT molecular complexity index is 875. The largest absolute Gasteiger partial charge is 0.493 e. The molecule has 0 fully saturated rings. The van der Waals surface area contributed by atoms with Crippen LogP contribution in [0.4, 0.5) is 5.82 Å². The number of aryl methyl sites for hydroxylation is 2. The molecule has 2 heterocycles. The Morgan fingerprint density at radius 1 is 1.12 bits per heavy atom. The SMILES string of the molecule is CCn1cnnc1CCNc1cc(C)c2cc(OC)c(OC)cc2n1. The number of aromatic nitrogens is 4. The Morgan fingerprint density at radius 3 is 2.60 bits per heavy atom. The van der Waals surface area contributed by atoms with Gasteiger partial charge in [-0.2, -0.15) is 0 Å². The van der Waals surface area contributed by atoms with Crippen LogP contribution < -0.4 is 14.8 Å². The molecule has 0 atom stereocenters. The summed E-state index contributed by atoms with van der Waals surface area (Å²) >= 11 is 0. The summed E-state index contributed by atoms with van der Waals surface area (Å²) in [6.07, 6.45) is 2.55. The van der Waals surface area contributed by atoms with Crippen molar-refractivity contribution in [2.45, 2.75) is 26.8 Å². The molecular weight excluding hydrogens is 318 g/mol. The van der Waals surface area contributed by atoms with Crippen LogP contribution in [-0.2, 0) is 13.0 Å². The molecule has 0 amide bonds. The first-order valence-electron chi connectivity index (χ1n) is 8.30. The number of pyridine rings is 1. The van der Waals surface area contributed by atoms with Crippen LogP contribution in [0.1, 0.15) is 18.3 Å². The number of ether oxygens (including phenoxy) is 2. The first-order valence-corrected chi connectivity index (χ1v) is 8.30. The van der Waals surface area contributed by atoms with Crippen molar-refractivity contribution in [2.24, 2.45) is 0 Å². The van der Waals surface area contributed by atoms with Gasteiger partial charge in [0.1, 0.15) is 18.0 Å². The van der Waals surface area contributed by atoms with Gasteiger partial charge in [0, 0.05) is 31.0 Å². The van der Waals surface area contributed by atoms with Crippen molar-refractivity contribution in [3.8, 4) is 11.5 Å². The number of anilines is 1. The molecule has 0 saturated carbocycles. The zero-order valence-electron chi connectivity index (χ0n) is 15.0. The van der Waals surface area contributed by atoms with Gasteiger partial charge in [-0.05, 0) is 31.5 Å².